The molecular weight excluding hydrogens is 289 g/mol. The van der Waals surface area contributed by atoms with Crippen LogP contribution in [0.1, 0.15) is 23.8 Å². The van der Waals surface area contributed by atoms with Crippen LogP contribution < -0.4 is 15.6 Å². The van der Waals surface area contributed by atoms with Gasteiger partial charge in [-0.1, -0.05) is 13.0 Å². The fourth-order valence-electron chi connectivity index (χ4n) is 1.77. The summed E-state index contributed by atoms with van der Waals surface area (Å²) >= 11 is 0. The summed E-state index contributed by atoms with van der Waals surface area (Å²) in [7, 11) is 0. The number of hydrogen-bond donors (Lipinski definition) is 2. The molecule has 0 bridgehead atoms. The second kappa shape index (κ2) is 7.35. The average molecular weight is 305 g/mol. The average Bonchev–Trinajstić information content (AvgIpc) is 2.52. The Kier molecular flexibility index (Phi) is 5.24. The largest absolute Gasteiger partial charge is 0.489 e. The van der Waals surface area contributed by atoms with Crippen LogP contribution in [-0.2, 0) is 0 Å². The topological polar surface area (TPSA) is 84.1 Å². The molecule has 0 aliphatic rings. The minimum absolute atomic E-state index is 0.111. The zero-order valence-electron chi connectivity index (χ0n) is 12.0. The fourth-order valence-corrected chi connectivity index (χ4v) is 1.77. The zero-order chi connectivity index (χ0) is 15.9. The normalized spacial score (nSPS) is 11.7. The first-order valence-corrected chi connectivity index (χ1v) is 6.83. The second-order valence-corrected chi connectivity index (χ2v) is 4.61. The molecule has 22 heavy (non-hydrogen) atoms. The van der Waals surface area contributed by atoms with Crippen molar-refractivity contribution in [1.82, 2.24) is 15.3 Å². The van der Waals surface area contributed by atoms with Gasteiger partial charge in [0.15, 0.2) is 0 Å². The lowest BCUT2D eigenvalue weighted by molar-refractivity contribution is 0.0920. The molecule has 0 radical (unpaired) electrons. The number of hydrogen-bond acceptors (Lipinski definition) is 4. The molecular formula is C15H16FN3O3. The lowest BCUT2D eigenvalue weighted by Gasteiger charge is -2.18. The Morgan fingerprint density at radius 2 is 2.32 bits per heavy atom. The molecule has 0 fully saturated rings. The van der Waals surface area contributed by atoms with Crippen LogP contribution in [-0.4, -0.2) is 28.5 Å². The monoisotopic (exact) mass is 305 g/mol. The highest BCUT2D eigenvalue weighted by Gasteiger charge is 2.12. The lowest BCUT2D eigenvalue weighted by atomic mass is 10.2. The number of aromatic nitrogens is 2. The van der Waals surface area contributed by atoms with Crippen molar-refractivity contribution in [3.63, 3.8) is 0 Å². The van der Waals surface area contributed by atoms with E-state index in [4.69, 9.17) is 4.74 Å². The molecule has 0 aliphatic carbocycles. The van der Waals surface area contributed by atoms with Crippen molar-refractivity contribution in [3.8, 4) is 5.75 Å². The molecule has 1 aromatic heterocycles. The number of H-pyrrole nitrogens is 1. The molecule has 2 aromatic rings. The van der Waals surface area contributed by atoms with E-state index in [0.717, 1.165) is 6.20 Å². The van der Waals surface area contributed by atoms with Gasteiger partial charge in [-0.2, -0.15) is 0 Å². The van der Waals surface area contributed by atoms with Crippen LogP contribution in [0.3, 0.4) is 0 Å². The van der Waals surface area contributed by atoms with Gasteiger partial charge < -0.3 is 15.0 Å². The SMILES string of the molecule is CC[C@@H](CNC(=O)c1c[nH]c(=O)cn1)Oc1cccc(F)c1. The van der Waals surface area contributed by atoms with E-state index in [0.29, 0.717) is 12.2 Å². The lowest BCUT2D eigenvalue weighted by Crippen LogP contribution is -2.35. The van der Waals surface area contributed by atoms with E-state index in [-0.39, 0.29) is 29.7 Å². The second-order valence-electron chi connectivity index (χ2n) is 4.61. The van der Waals surface area contributed by atoms with Gasteiger partial charge in [-0.05, 0) is 18.6 Å². The van der Waals surface area contributed by atoms with Crippen LogP contribution >= 0.6 is 0 Å². The maximum absolute atomic E-state index is 13.1. The predicted molar refractivity (Wildman–Crippen MR) is 78.3 cm³/mol. The van der Waals surface area contributed by atoms with Crippen LogP contribution in [0.25, 0.3) is 0 Å². The van der Waals surface area contributed by atoms with Crippen molar-refractivity contribution in [2.75, 3.05) is 6.54 Å². The molecule has 0 unspecified atom stereocenters. The number of rotatable bonds is 6. The van der Waals surface area contributed by atoms with Gasteiger partial charge in [-0.15, -0.1) is 0 Å². The third kappa shape index (κ3) is 4.41. The Balaban J connectivity index is 1.91. The summed E-state index contributed by atoms with van der Waals surface area (Å²) in [4.78, 5) is 28.9. The number of benzene rings is 1. The van der Waals surface area contributed by atoms with Gasteiger partial charge in [-0.25, -0.2) is 9.37 Å². The fraction of sp³-hybridized carbons (Fsp3) is 0.267. The van der Waals surface area contributed by atoms with Crippen LogP contribution in [0.2, 0.25) is 0 Å². The van der Waals surface area contributed by atoms with E-state index in [2.05, 4.69) is 15.3 Å². The van der Waals surface area contributed by atoms with Gasteiger partial charge in [-0.3, -0.25) is 9.59 Å². The maximum Gasteiger partial charge on any atom is 0.271 e. The Morgan fingerprint density at radius 3 is 2.95 bits per heavy atom. The summed E-state index contributed by atoms with van der Waals surface area (Å²) in [5.74, 6) is -0.394. The summed E-state index contributed by atoms with van der Waals surface area (Å²) in [6.45, 7) is 2.14. The van der Waals surface area contributed by atoms with Crippen LogP contribution in [0.15, 0.2) is 41.5 Å². The number of aromatic amines is 1. The molecule has 6 nitrogen and oxygen atoms in total. The van der Waals surface area contributed by atoms with E-state index >= 15 is 0 Å². The minimum atomic E-state index is -0.419. The van der Waals surface area contributed by atoms with E-state index in [9.17, 15) is 14.0 Å². The molecule has 0 saturated heterocycles. The highest BCUT2D eigenvalue weighted by molar-refractivity contribution is 5.91. The van der Waals surface area contributed by atoms with Crippen molar-refractivity contribution in [3.05, 3.63) is 58.5 Å². The Morgan fingerprint density at radius 1 is 1.50 bits per heavy atom. The van der Waals surface area contributed by atoms with Crippen molar-refractivity contribution in [2.45, 2.75) is 19.4 Å². The van der Waals surface area contributed by atoms with E-state index < -0.39 is 5.91 Å². The number of carbonyl (C=O) groups is 1. The maximum atomic E-state index is 13.1. The number of nitrogens with zero attached hydrogens (tertiary/aromatic N) is 1. The van der Waals surface area contributed by atoms with E-state index in [1.54, 1.807) is 12.1 Å². The summed E-state index contributed by atoms with van der Waals surface area (Å²) < 4.78 is 18.7. The first-order chi connectivity index (χ1) is 10.6. The predicted octanol–water partition coefficient (Wildman–Crippen LogP) is 1.50. The van der Waals surface area contributed by atoms with Crippen molar-refractivity contribution < 1.29 is 13.9 Å². The molecule has 0 aliphatic heterocycles. The van der Waals surface area contributed by atoms with Gasteiger partial charge in [0.25, 0.3) is 11.5 Å². The Bertz CT molecular complexity index is 682. The third-order valence-electron chi connectivity index (χ3n) is 2.95. The van der Waals surface area contributed by atoms with Gasteiger partial charge >= 0.3 is 0 Å². The number of carbonyl (C=O) groups excluding carboxylic acids is 1. The Labute approximate surface area is 126 Å². The molecule has 1 atom stereocenters. The Hall–Kier alpha value is -2.70. The molecule has 116 valence electrons. The standard InChI is InChI=1S/C15H16FN3O3/c1-2-11(22-12-5-3-4-10(16)6-12)7-19-15(21)13-8-18-14(20)9-17-13/h3-6,8-9,11H,2,7H2,1H3,(H,18,20)(H,19,21)/t11-/m0/s1. The summed E-state index contributed by atoms with van der Waals surface area (Å²) in [5.41, 5.74) is -0.266. The third-order valence-corrected chi connectivity index (χ3v) is 2.95. The molecule has 0 saturated carbocycles. The van der Waals surface area contributed by atoms with Crippen molar-refractivity contribution in [2.24, 2.45) is 0 Å². The van der Waals surface area contributed by atoms with Crippen LogP contribution in [0.5, 0.6) is 5.75 Å². The molecule has 7 heteroatoms. The minimum Gasteiger partial charge on any atom is -0.489 e. The van der Waals surface area contributed by atoms with Gasteiger partial charge in [0, 0.05) is 12.3 Å². The smallest absolute Gasteiger partial charge is 0.271 e. The van der Waals surface area contributed by atoms with Crippen molar-refractivity contribution in [1.29, 1.82) is 0 Å². The van der Waals surface area contributed by atoms with Crippen LogP contribution in [0, 0.1) is 5.82 Å². The molecule has 0 spiro atoms. The number of ether oxygens (including phenoxy) is 1. The number of amides is 1. The molecule has 1 amide bonds. The first kappa shape index (κ1) is 15.7. The van der Waals surface area contributed by atoms with Crippen LogP contribution in [0.4, 0.5) is 4.39 Å². The van der Waals surface area contributed by atoms with Crippen molar-refractivity contribution >= 4 is 5.91 Å². The van der Waals surface area contributed by atoms with Gasteiger partial charge in [0.05, 0.1) is 12.7 Å². The first-order valence-electron chi connectivity index (χ1n) is 6.83. The quantitative estimate of drug-likeness (QED) is 0.847. The van der Waals surface area contributed by atoms with E-state index in [1.807, 2.05) is 6.92 Å². The summed E-state index contributed by atoms with van der Waals surface area (Å²) in [5, 5.41) is 2.66. The highest BCUT2D eigenvalue weighted by atomic mass is 19.1. The molecule has 2 N–H and O–H groups in total. The van der Waals surface area contributed by atoms with Gasteiger partial charge in [0.2, 0.25) is 0 Å². The van der Waals surface area contributed by atoms with Gasteiger partial charge in [0.1, 0.15) is 23.4 Å². The number of nitrogens with one attached hydrogen (secondary N) is 2. The molecule has 1 heterocycles. The molecule has 2 rings (SSSR count). The molecule has 1 aromatic carbocycles. The zero-order valence-corrected chi connectivity index (χ0v) is 12.0. The number of halogens is 1. The highest BCUT2D eigenvalue weighted by Crippen LogP contribution is 2.14. The van der Waals surface area contributed by atoms with E-state index in [1.165, 1.54) is 18.3 Å². The summed E-state index contributed by atoms with van der Waals surface area (Å²) in [6.07, 6.45) is 2.62. The summed E-state index contributed by atoms with van der Waals surface area (Å²) in [6, 6.07) is 5.82.